The molecule has 1 aromatic rings. The van der Waals surface area contributed by atoms with Crippen molar-refractivity contribution in [1.82, 2.24) is 0 Å². The van der Waals surface area contributed by atoms with Gasteiger partial charge in [-0.05, 0) is 11.5 Å². The molecular formula is C11H12O3. The van der Waals surface area contributed by atoms with Crippen molar-refractivity contribution in [3.8, 4) is 11.8 Å². The van der Waals surface area contributed by atoms with Crippen LogP contribution in [0.1, 0.15) is 5.56 Å². The van der Waals surface area contributed by atoms with Crippen molar-refractivity contribution in [2.24, 2.45) is 0 Å². The Hall–Kier alpha value is -1.34. The molecule has 2 N–H and O–H groups in total. The number of aliphatic hydroxyl groups excluding tert-OH is 2. The average Bonchev–Trinajstić information content (AvgIpc) is 2.25. The molecular weight excluding hydrogens is 180 g/mol. The van der Waals surface area contributed by atoms with Crippen LogP contribution < -0.4 is 0 Å². The van der Waals surface area contributed by atoms with Crippen LogP contribution in [0.3, 0.4) is 0 Å². The molecule has 1 aromatic carbocycles. The van der Waals surface area contributed by atoms with Crippen molar-refractivity contribution in [3.63, 3.8) is 0 Å². The highest BCUT2D eigenvalue weighted by molar-refractivity contribution is 5.13. The quantitative estimate of drug-likeness (QED) is 0.542. The van der Waals surface area contributed by atoms with Crippen molar-refractivity contribution < 1.29 is 14.9 Å². The van der Waals surface area contributed by atoms with E-state index < -0.39 is 6.29 Å². The van der Waals surface area contributed by atoms with Gasteiger partial charge >= 0.3 is 0 Å². The van der Waals surface area contributed by atoms with Gasteiger partial charge in [0, 0.05) is 0 Å². The molecule has 1 rings (SSSR count). The van der Waals surface area contributed by atoms with E-state index in [-0.39, 0.29) is 6.61 Å². The monoisotopic (exact) mass is 192 g/mol. The van der Waals surface area contributed by atoms with Gasteiger partial charge in [0.1, 0.15) is 6.61 Å². The summed E-state index contributed by atoms with van der Waals surface area (Å²) < 4.78 is 5.00. The number of benzene rings is 1. The first-order valence-electron chi connectivity index (χ1n) is 4.26. The van der Waals surface area contributed by atoms with Crippen LogP contribution in [0.4, 0.5) is 0 Å². The smallest absolute Gasteiger partial charge is 0.220 e. The molecule has 0 aliphatic heterocycles. The Morgan fingerprint density at radius 2 is 2.00 bits per heavy atom. The van der Waals surface area contributed by atoms with Crippen molar-refractivity contribution in [2.75, 3.05) is 6.61 Å². The van der Waals surface area contributed by atoms with Crippen molar-refractivity contribution >= 4 is 0 Å². The maximum atomic E-state index is 9.13. The van der Waals surface area contributed by atoms with Crippen molar-refractivity contribution in [2.45, 2.75) is 12.9 Å². The Morgan fingerprint density at radius 1 is 1.29 bits per heavy atom. The number of aliphatic hydroxyl groups is 2. The topological polar surface area (TPSA) is 49.7 Å². The summed E-state index contributed by atoms with van der Waals surface area (Å²) in [6.07, 6.45) is -1.14. The molecule has 0 radical (unpaired) electrons. The Kier molecular flexibility index (Phi) is 4.73. The maximum absolute atomic E-state index is 9.13. The van der Waals surface area contributed by atoms with Crippen LogP contribution in [-0.2, 0) is 11.3 Å². The molecule has 0 saturated carbocycles. The Morgan fingerprint density at radius 3 is 2.64 bits per heavy atom. The van der Waals surface area contributed by atoms with E-state index in [1.165, 1.54) is 0 Å². The number of hydrogen-bond acceptors (Lipinski definition) is 3. The summed E-state index contributed by atoms with van der Waals surface area (Å²) in [6, 6.07) is 9.48. The standard InChI is InChI=1S/C11H12O3/c12-8-4-7-11(13)14-9-10-5-2-1-3-6-10/h1-3,5-6,11-13H,8-9H2. The third-order valence-electron chi connectivity index (χ3n) is 1.56. The lowest BCUT2D eigenvalue weighted by Crippen LogP contribution is -2.08. The highest BCUT2D eigenvalue weighted by atomic mass is 16.6. The SMILES string of the molecule is OCC#CC(O)OCc1ccccc1. The summed E-state index contributed by atoms with van der Waals surface area (Å²) in [5.74, 6) is 4.65. The van der Waals surface area contributed by atoms with E-state index in [9.17, 15) is 0 Å². The lowest BCUT2D eigenvalue weighted by molar-refractivity contribution is -0.0665. The number of rotatable bonds is 3. The summed E-state index contributed by atoms with van der Waals surface area (Å²) in [5.41, 5.74) is 0.970. The van der Waals surface area contributed by atoms with Crippen molar-refractivity contribution in [3.05, 3.63) is 35.9 Å². The summed E-state index contributed by atoms with van der Waals surface area (Å²) in [5, 5.41) is 17.5. The minimum atomic E-state index is -1.14. The fraction of sp³-hybridized carbons (Fsp3) is 0.273. The molecule has 3 heteroatoms. The first-order valence-corrected chi connectivity index (χ1v) is 4.26. The first kappa shape index (κ1) is 10.7. The van der Waals surface area contributed by atoms with Crippen LogP contribution in [-0.4, -0.2) is 23.1 Å². The van der Waals surface area contributed by atoms with Crippen LogP contribution in [0.25, 0.3) is 0 Å². The molecule has 0 aliphatic rings. The predicted octanol–water partition coefficient (Wildman–Crippen LogP) is 0.517. The van der Waals surface area contributed by atoms with Gasteiger partial charge in [0.05, 0.1) is 6.61 Å². The van der Waals surface area contributed by atoms with Gasteiger partial charge in [-0.1, -0.05) is 36.3 Å². The van der Waals surface area contributed by atoms with Gasteiger partial charge in [-0.25, -0.2) is 0 Å². The van der Waals surface area contributed by atoms with Gasteiger partial charge < -0.3 is 14.9 Å². The molecule has 0 fully saturated rings. The van der Waals surface area contributed by atoms with Crippen LogP contribution in [0, 0.1) is 11.8 Å². The Labute approximate surface area is 83.0 Å². The third kappa shape index (κ3) is 4.06. The van der Waals surface area contributed by atoms with Gasteiger partial charge in [0.2, 0.25) is 6.29 Å². The van der Waals surface area contributed by atoms with Gasteiger partial charge in [0.15, 0.2) is 0 Å². The van der Waals surface area contributed by atoms with Crippen LogP contribution in [0.2, 0.25) is 0 Å². The summed E-state index contributed by atoms with van der Waals surface area (Å²) >= 11 is 0. The molecule has 0 spiro atoms. The summed E-state index contributed by atoms with van der Waals surface area (Å²) in [6.45, 7) is 0.0356. The number of hydrogen-bond donors (Lipinski definition) is 2. The fourth-order valence-corrected chi connectivity index (χ4v) is 0.924. The molecule has 0 amide bonds. The molecule has 1 atom stereocenters. The van der Waals surface area contributed by atoms with E-state index in [0.29, 0.717) is 6.61 Å². The van der Waals surface area contributed by atoms with Crippen molar-refractivity contribution in [1.29, 1.82) is 0 Å². The molecule has 0 aromatic heterocycles. The van der Waals surface area contributed by atoms with E-state index >= 15 is 0 Å². The van der Waals surface area contributed by atoms with Gasteiger partial charge in [-0.15, -0.1) is 0 Å². The zero-order valence-electron chi connectivity index (χ0n) is 7.68. The zero-order valence-corrected chi connectivity index (χ0v) is 7.68. The highest BCUT2D eigenvalue weighted by Gasteiger charge is 1.98. The second-order valence-corrected chi connectivity index (χ2v) is 2.63. The minimum Gasteiger partial charge on any atom is -0.384 e. The average molecular weight is 192 g/mol. The van der Waals surface area contributed by atoms with Crippen LogP contribution in [0.15, 0.2) is 30.3 Å². The first-order chi connectivity index (χ1) is 6.83. The second kappa shape index (κ2) is 6.17. The predicted molar refractivity (Wildman–Crippen MR) is 52.1 cm³/mol. The number of ether oxygens (including phenoxy) is 1. The largest absolute Gasteiger partial charge is 0.384 e. The third-order valence-corrected chi connectivity index (χ3v) is 1.56. The molecule has 0 aliphatic carbocycles. The molecule has 1 unspecified atom stereocenters. The lowest BCUT2D eigenvalue weighted by Gasteiger charge is -2.05. The lowest BCUT2D eigenvalue weighted by atomic mass is 10.2. The highest BCUT2D eigenvalue weighted by Crippen LogP contribution is 2.01. The van der Waals surface area contributed by atoms with E-state index in [2.05, 4.69) is 11.8 Å². The van der Waals surface area contributed by atoms with Crippen LogP contribution >= 0.6 is 0 Å². The Balaban J connectivity index is 2.34. The normalized spacial score (nSPS) is 11.6. The molecule has 14 heavy (non-hydrogen) atoms. The zero-order chi connectivity index (χ0) is 10.2. The van der Waals surface area contributed by atoms with Gasteiger partial charge in [-0.3, -0.25) is 0 Å². The van der Waals surface area contributed by atoms with E-state index in [1.807, 2.05) is 30.3 Å². The summed E-state index contributed by atoms with van der Waals surface area (Å²) in [4.78, 5) is 0. The molecule has 0 saturated heterocycles. The van der Waals surface area contributed by atoms with E-state index in [1.54, 1.807) is 0 Å². The van der Waals surface area contributed by atoms with Crippen LogP contribution in [0.5, 0.6) is 0 Å². The van der Waals surface area contributed by atoms with Gasteiger partial charge in [0.25, 0.3) is 0 Å². The second-order valence-electron chi connectivity index (χ2n) is 2.63. The molecule has 74 valence electrons. The fourth-order valence-electron chi connectivity index (χ4n) is 0.924. The maximum Gasteiger partial charge on any atom is 0.220 e. The Bertz CT molecular complexity index is 310. The van der Waals surface area contributed by atoms with E-state index in [0.717, 1.165) is 5.56 Å². The minimum absolute atomic E-state index is 0.272. The molecule has 0 bridgehead atoms. The summed E-state index contributed by atoms with van der Waals surface area (Å²) in [7, 11) is 0. The molecule has 3 nitrogen and oxygen atoms in total. The molecule has 0 heterocycles. The van der Waals surface area contributed by atoms with Gasteiger partial charge in [-0.2, -0.15) is 0 Å². The van der Waals surface area contributed by atoms with E-state index in [4.69, 9.17) is 14.9 Å².